The van der Waals surface area contributed by atoms with E-state index in [1.54, 1.807) is 22.6 Å². The molecule has 3 heterocycles. The molecule has 132 valence electrons. The third kappa shape index (κ3) is 3.08. The molecule has 0 bridgehead atoms. The van der Waals surface area contributed by atoms with Crippen molar-refractivity contribution < 1.29 is 9.59 Å². The fourth-order valence-corrected chi connectivity index (χ4v) is 3.46. The molecule has 26 heavy (non-hydrogen) atoms. The molecule has 9 heteroatoms. The summed E-state index contributed by atoms with van der Waals surface area (Å²) in [5.41, 5.74) is 2.53. The first kappa shape index (κ1) is 16.4. The Kier molecular flexibility index (Phi) is 4.21. The second-order valence-corrected chi connectivity index (χ2v) is 6.73. The van der Waals surface area contributed by atoms with Crippen molar-refractivity contribution in [1.29, 1.82) is 0 Å². The number of nitrogens with one attached hydrogen (secondary N) is 1. The molecule has 0 spiro atoms. The summed E-state index contributed by atoms with van der Waals surface area (Å²) in [6.45, 7) is 3.26. The van der Waals surface area contributed by atoms with Crippen molar-refractivity contribution in [2.24, 2.45) is 0 Å². The lowest BCUT2D eigenvalue weighted by Crippen LogP contribution is -2.38. The highest BCUT2D eigenvalue weighted by Crippen LogP contribution is 2.19. The summed E-state index contributed by atoms with van der Waals surface area (Å²) in [6, 6.07) is 11.0. The van der Waals surface area contributed by atoms with Crippen LogP contribution in [0.3, 0.4) is 0 Å². The molecule has 0 saturated carbocycles. The molecule has 2 amide bonds. The average molecular weight is 368 g/mol. The first-order valence-electron chi connectivity index (χ1n) is 8.13. The highest BCUT2D eigenvalue weighted by atomic mass is 32.1. The third-order valence-electron chi connectivity index (χ3n) is 4.20. The molecule has 0 unspecified atom stereocenters. The number of rotatable bonds is 3. The summed E-state index contributed by atoms with van der Waals surface area (Å²) in [6.07, 6.45) is 0. The van der Waals surface area contributed by atoms with Gasteiger partial charge in [0.1, 0.15) is 4.88 Å². The van der Waals surface area contributed by atoms with E-state index >= 15 is 0 Å². The predicted octanol–water partition coefficient (Wildman–Crippen LogP) is 1.95. The van der Waals surface area contributed by atoms with Crippen LogP contribution < -0.4 is 5.32 Å². The van der Waals surface area contributed by atoms with Crippen LogP contribution in [0.4, 0.5) is 5.69 Å². The van der Waals surface area contributed by atoms with E-state index in [2.05, 4.69) is 20.0 Å². The van der Waals surface area contributed by atoms with E-state index < -0.39 is 0 Å². The highest BCUT2D eigenvalue weighted by molar-refractivity contribution is 7.07. The SMILES string of the molecule is Cc1nnsc1C(=O)N1CCn2nc(C(=O)Nc3ccccc3)cc2C1. The quantitative estimate of drug-likeness (QED) is 0.763. The van der Waals surface area contributed by atoms with Crippen LogP contribution in [0, 0.1) is 6.92 Å². The van der Waals surface area contributed by atoms with Gasteiger partial charge in [-0.2, -0.15) is 5.10 Å². The predicted molar refractivity (Wildman–Crippen MR) is 96.0 cm³/mol. The van der Waals surface area contributed by atoms with E-state index in [-0.39, 0.29) is 11.8 Å². The Hall–Kier alpha value is -3.07. The van der Waals surface area contributed by atoms with Crippen molar-refractivity contribution >= 4 is 29.0 Å². The number of hydrogen-bond donors (Lipinski definition) is 1. The van der Waals surface area contributed by atoms with Gasteiger partial charge in [0.25, 0.3) is 11.8 Å². The number of amides is 2. The van der Waals surface area contributed by atoms with Crippen LogP contribution in [0.2, 0.25) is 0 Å². The fourth-order valence-electron chi connectivity index (χ4n) is 2.84. The topological polar surface area (TPSA) is 93.0 Å². The molecule has 0 fully saturated rings. The first-order valence-corrected chi connectivity index (χ1v) is 8.90. The maximum Gasteiger partial charge on any atom is 0.276 e. The number of hydrogen-bond acceptors (Lipinski definition) is 6. The Morgan fingerprint density at radius 2 is 2.00 bits per heavy atom. The van der Waals surface area contributed by atoms with Crippen LogP contribution in [0.25, 0.3) is 0 Å². The van der Waals surface area contributed by atoms with Gasteiger partial charge in [-0.05, 0) is 36.7 Å². The second-order valence-electron chi connectivity index (χ2n) is 5.98. The van der Waals surface area contributed by atoms with Crippen molar-refractivity contribution in [3.05, 3.63) is 58.4 Å². The maximum atomic E-state index is 12.6. The molecule has 0 aliphatic carbocycles. The van der Waals surface area contributed by atoms with E-state index in [0.29, 0.717) is 41.6 Å². The lowest BCUT2D eigenvalue weighted by Gasteiger charge is -2.27. The molecule has 1 aliphatic rings. The Labute approximate surface area is 153 Å². The molecule has 0 atom stereocenters. The first-order chi connectivity index (χ1) is 12.6. The normalized spacial score (nSPS) is 13.3. The number of carbonyl (C=O) groups excluding carboxylic acids is 2. The molecule has 0 radical (unpaired) electrons. The van der Waals surface area contributed by atoms with Crippen LogP contribution in [0.15, 0.2) is 36.4 Å². The van der Waals surface area contributed by atoms with Crippen molar-refractivity contribution in [3.8, 4) is 0 Å². The number of aromatic nitrogens is 4. The fraction of sp³-hybridized carbons (Fsp3) is 0.235. The zero-order valence-electron chi connectivity index (χ0n) is 14.0. The van der Waals surface area contributed by atoms with Gasteiger partial charge in [0.05, 0.1) is 24.5 Å². The van der Waals surface area contributed by atoms with E-state index in [9.17, 15) is 9.59 Å². The Morgan fingerprint density at radius 1 is 1.19 bits per heavy atom. The zero-order valence-corrected chi connectivity index (χ0v) is 14.9. The highest BCUT2D eigenvalue weighted by Gasteiger charge is 2.26. The molecular formula is C17H16N6O2S. The van der Waals surface area contributed by atoms with Crippen molar-refractivity contribution in [2.75, 3.05) is 11.9 Å². The number of aryl methyl sites for hydroxylation is 1. The summed E-state index contributed by atoms with van der Waals surface area (Å²) in [5, 5.41) is 11.1. The molecule has 1 aromatic carbocycles. The van der Waals surface area contributed by atoms with Gasteiger partial charge in [-0.3, -0.25) is 14.3 Å². The summed E-state index contributed by atoms with van der Waals surface area (Å²) < 4.78 is 5.60. The monoisotopic (exact) mass is 368 g/mol. The summed E-state index contributed by atoms with van der Waals surface area (Å²) in [7, 11) is 0. The number of benzene rings is 1. The number of para-hydroxylation sites is 1. The summed E-state index contributed by atoms with van der Waals surface area (Å²) in [5.74, 6) is -0.348. The van der Waals surface area contributed by atoms with Gasteiger partial charge in [0.2, 0.25) is 0 Å². The standard InChI is InChI=1S/C17H16N6O2S/c1-11-15(26-21-19-11)17(25)22-7-8-23-13(10-22)9-14(20-23)16(24)18-12-5-3-2-4-6-12/h2-6,9H,7-8,10H2,1H3,(H,18,24). The number of fused-ring (bicyclic) bond motifs is 1. The van der Waals surface area contributed by atoms with E-state index in [1.165, 1.54) is 0 Å². The van der Waals surface area contributed by atoms with Gasteiger partial charge in [0.15, 0.2) is 5.69 Å². The molecule has 3 aromatic rings. The number of nitrogens with zero attached hydrogens (tertiary/aromatic N) is 5. The Morgan fingerprint density at radius 3 is 2.73 bits per heavy atom. The van der Waals surface area contributed by atoms with E-state index in [4.69, 9.17) is 0 Å². The second kappa shape index (κ2) is 6.68. The molecular weight excluding hydrogens is 352 g/mol. The van der Waals surface area contributed by atoms with Crippen molar-refractivity contribution in [3.63, 3.8) is 0 Å². The van der Waals surface area contributed by atoms with Gasteiger partial charge >= 0.3 is 0 Å². The molecule has 1 N–H and O–H groups in total. The van der Waals surface area contributed by atoms with E-state index in [0.717, 1.165) is 17.2 Å². The maximum absolute atomic E-state index is 12.6. The number of carbonyl (C=O) groups is 2. The van der Waals surface area contributed by atoms with Gasteiger partial charge in [-0.1, -0.05) is 22.7 Å². The minimum atomic E-state index is -0.265. The van der Waals surface area contributed by atoms with Crippen LogP contribution in [-0.2, 0) is 13.1 Å². The van der Waals surface area contributed by atoms with Gasteiger partial charge < -0.3 is 10.2 Å². The van der Waals surface area contributed by atoms with Crippen LogP contribution >= 0.6 is 11.5 Å². The minimum absolute atomic E-state index is 0.0831. The Balaban J connectivity index is 1.49. The average Bonchev–Trinajstić information content (AvgIpc) is 3.27. The molecule has 8 nitrogen and oxygen atoms in total. The Bertz CT molecular complexity index is 965. The number of anilines is 1. The summed E-state index contributed by atoms with van der Waals surface area (Å²) >= 11 is 1.11. The van der Waals surface area contributed by atoms with Gasteiger partial charge in [-0.15, -0.1) is 5.10 Å². The largest absolute Gasteiger partial charge is 0.330 e. The van der Waals surface area contributed by atoms with Crippen molar-refractivity contribution in [2.45, 2.75) is 20.0 Å². The van der Waals surface area contributed by atoms with Crippen LogP contribution in [0.5, 0.6) is 0 Å². The summed E-state index contributed by atoms with van der Waals surface area (Å²) in [4.78, 5) is 27.3. The van der Waals surface area contributed by atoms with E-state index in [1.807, 2.05) is 30.3 Å². The molecule has 2 aromatic heterocycles. The lowest BCUT2D eigenvalue weighted by atomic mass is 10.2. The van der Waals surface area contributed by atoms with Crippen molar-refractivity contribution in [1.82, 2.24) is 24.3 Å². The zero-order chi connectivity index (χ0) is 18.1. The molecule has 0 saturated heterocycles. The lowest BCUT2D eigenvalue weighted by molar-refractivity contribution is 0.0709. The van der Waals surface area contributed by atoms with Gasteiger partial charge in [-0.25, -0.2) is 0 Å². The smallest absolute Gasteiger partial charge is 0.276 e. The third-order valence-corrected chi connectivity index (χ3v) is 5.01. The molecule has 1 aliphatic heterocycles. The van der Waals surface area contributed by atoms with Crippen LogP contribution in [0.1, 0.15) is 31.5 Å². The molecule has 4 rings (SSSR count). The van der Waals surface area contributed by atoms with Gasteiger partial charge in [0, 0.05) is 12.2 Å². The van der Waals surface area contributed by atoms with Crippen LogP contribution in [-0.4, -0.2) is 42.6 Å². The minimum Gasteiger partial charge on any atom is -0.330 e.